The van der Waals surface area contributed by atoms with Crippen LogP contribution >= 0.6 is 0 Å². The first-order valence-electron chi connectivity index (χ1n) is 20.0. The highest BCUT2D eigenvalue weighted by Crippen LogP contribution is 2.46. The van der Waals surface area contributed by atoms with Crippen LogP contribution in [0.4, 0.5) is 13.2 Å². The molecule has 0 radical (unpaired) electrons. The van der Waals surface area contributed by atoms with Gasteiger partial charge in [0.2, 0.25) is 0 Å². The molecule has 0 amide bonds. The first kappa shape index (κ1) is 36.9. The van der Waals surface area contributed by atoms with Crippen LogP contribution in [0.15, 0.2) is 158 Å². The van der Waals surface area contributed by atoms with Crippen LogP contribution in [0.1, 0.15) is 33.4 Å². The minimum atomic E-state index is -4.73. The van der Waals surface area contributed by atoms with Crippen molar-refractivity contribution in [1.82, 2.24) is 9.13 Å². The van der Waals surface area contributed by atoms with Crippen molar-refractivity contribution in [2.75, 3.05) is 0 Å². The van der Waals surface area contributed by atoms with E-state index >= 15 is 13.2 Å². The molecule has 0 aliphatic heterocycles. The molecule has 2 aromatic heterocycles. The monoisotopic (exact) mass is 785 g/mol. The zero-order valence-electron chi connectivity index (χ0n) is 33.5. The van der Waals surface area contributed by atoms with Crippen molar-refractivity contribution in [2.24, 2.45) is 0 Å². The van der Waals surface area contributed by atoms with Gasteiger partial charge < -0.3 is 9.13 Å². The number of nitrogens with zero attached hydrogens (tertiary/aromatic N) is 3. The molecule has 0 saturated carbocycles. The largest absolute Gasteiger partial charge is 0.418 e. The Labute approximate surface area is 345 Å². The van der Waals surface area contributed by atoms with Gasteiger partial charge >= 0.3 is 6.18 Å². The summed E-state index contributed by atoms with van der Waals surface area (Å²) in [7, 11) is 0. The number of fused-ring (bicyclic) bond motifs is 6. The number of halogens is 3. The molecule has 0 N–H and O–H groups in total. The average Bonchev–Trinajstić information content (AvgIpc) is 3.75. The molecule has 0 saturated heterocycles. The van der Waals surface area contributed by atoms with E-state index in [1.165, 1.54) is 11.6 Å². The van der Waals surface area contributed by atoms with E-state index in [0.717, 1.165) is 71.5 Å². The highest BCUT2D eigenvalue weighted by molar-refractivity contribution is 6.12. The zero-order valence-corrected chi connectivity index (χ0v) is 33.5. The van der Waals surface area contributed by atoms with Gasteiger partial charge in [-0.05, 0) is 127 Å². The minimum Gasteiger partial charge on any atom is -0.309 e. The van der Waals surface area contributed by atoms with Crippen LogP contribution in [-0.4, -0.2) is 9.13 Å². The highest BCUT2D eigenvalue weighted by atomic mass is 19.4. The number of aryl methyl sites for hydroxylation is 4. The number of rotatable bonds is 5. The molecule has 0 bridgehead atoms. The molecule has 290 valence electrons. The maximum atomic E-state index is 15.9. The lowest BCUT2D eigenvalue weighted by molar-refractivity contribution is -0.137. The molecular formula is C54H38F3N3. The van der Waals surface area contributed by atoms with Crippen molar-refractivity contribution in [1.29, 1.82) is 5.26 Å². The second kappa shape index (κ2) is 13.9. The van der Waals surface area contributed by atoms with Crippen LogP contribution in [-0.2, 0) is 6.18 Å². The summed E-state index contributed by atoms with van der Waals surface area (Å²) in [5.41, 5.74) is 12.9. The fourth-order valence-corrected chi connectivity index (χ4v) is 9.24. The van der Waals surface area contributed by atoms with Gasteiger partial charge in [0.25, 0.3) is 0 Å². The Kier molecular flexibility index (Phi) is 8.55. The molecule has 3 nitrogen and oxygen atoms in total. The van der Waals surface area contributed by atoms with Crippen LogP contribution in [0.5, 0.6) is 0 Å². The van der Waals surface area contributed by atoms with E-state index in [1.54, 1.807) is 28.8 Å². The van der Waals surface area contributed by atoms with Gasteiger partial charge in [0, 0.05) is 27.1 Å². The normalized spacial score (nSPS) is 11.9. The molecule has 8 aromatic carbocycles. The summed E-state index contributed by atoms with van der Waals surface area (Å²) in [6.45, 7) is 8.31. The van der Waals surface area contributed by atoms with Crippen LogP contribution in [0.3, 0.4) is 0 Å². The molecular weight excluding hydrogens is 748 g/mol. The Morgan fingerprint density at radius 1 is 0.433 bits per heavy atom. The van der Waals surface area contributed by atoms with Gasteiger partial charge in [-0.1, -0.05) is 108 Å². The predicted molar refractivity (Wildman–Crippen MR) is 240 cm³/mol. The molecule has 0 atom stereocenters. The number of para-hydroxylation sites is 2. The second-order valence-corrected chi connectivity index (χ2v) is 15.9. The maximum Gasteiger partial charge on any atom is 0.418 e. The molecule has 10 rings (SSSR count). The number of nitriles is 1. The van der Waals surface area contributed by atoms with E-state index in [4.69, 9.17) is 0 Å². The summed E-state index contributed by atoms with van der Waals surface area (Å²) < 4.78 is 51.5. The van der Waals surface area contributed by atoms with Gasteiger partial charge in [-0.2, -0.15) is 18.4 Å². The van der Waals surface area contributed by atoms with Crippen molar-refractivity contribution in [2.45, 2.75) is 33.9 Å². The van der Waals surface area contributed by atoms with Crippen molar-refractivity contribution in [3.8, 4) is 50.8 Å². The molecule has 6 heteroatoms. The molecule has 0 spiro atoms. The Balaban J connectivity index is 1.29. The van der Waals surface area contributed by atoms with Crippen molar-refractivity contribution < 1.29 is 13.2 Å². The summed E-state index contributed by atoms with van der Waals surface area (Å²) >= 11 is 0. The smallest absolute Gasteiger partial charge is 0.309 e. The molecule has 10 aromatic rings. The number of hydrogen-bond donors (Lipinski definition) is 0. The third-order valence-corrected chi connectivity index (χ3v) is 11.9. The quantitative estimate of drug-likeness (QED) is 0.171. The zero-order chi connectivity index (χ0) is 41.4. The minimum absolute atomic E-state index is 0.00646. The van der Waals surface area contributed by atoms with Gasteiger partial charge in [0.1, 0.15) is 0 Å². The summed E-state index contributed by atoms with van der Waals surface area (Å²) in [6.07, 6.45) is -4.73. The van der Waals surface area contributed by atoms with E-state index in [9.17, 15) is 5.26 Å². The topological polar surface area (TPSA) is 33.6 Å². The van der Waals surface area contributed by atoms with Crippen LogP contribution in [0, 0.1) is 39.0 Å². The standard InChI is InChI=1S/C54H38F3N3/c1-32-16-20-40(34(3)24-32)38-18-22-50-45(27-38)42-12-5-7-14-48(42)59(50)52-30-47(54(55,56)57)53(29-44(52)37-11-9-10-36(26-37)31-58)60-49-15-8-6-13-43(49)46-28-39(19-23-51(46)60)41-21-17-33(2)25-35(41)4/h5-30H,1-4H3. The van der Waals surface area contributed by atoms with Gasteiger partial charge in [-0.15, -0.1) is 0 Å². The predicted octanol–water partition coefficient (Wildman–Crippen LogP) is 15.0. The van der Waals surface area contributed by atoms with Gasteiger partial charge in [-0.3, -0.25) is 0 Å². The lowest BCUT2D eigenvalue weighted by Crippen LogP contribution is -2.13. The first-order chi connectivity index (χ1) is 29.0. The molecule has 2 heterocycles. The second-order valence-electron chi connectivity index (χ2n) is 15.9. The van der Waals surface area contributed by atoms with E-state index in [1.807, 2.05) is 77.4 Å². The number of hydrogen-bond acceptors (Lipinski definition) is 1. The Bertz CT molecular complexity index is 3430. The number of benzene rings is 8. The van der Waals surface area contributed by atoms with Crippen LogP contribution in [0.2, 0.25) is 0 Å². The van der Waals surface area contributed by atoms with E-state index in [0.29, 0.717) is 33.4 Å². The van der Waals surface area contributed by atoms with Gasteiger partial charge in [0.05, 0.1) is 50.6 Å². The fourth-order valence-electron chi connectivity index (χ4n) is 9.24. The highest BCUT2D eigenvalue weighted by Gasteiger charge is 2.37. The van der Waals surface area contributed by atoms with E-state index in [2.05, 4.69) is 88.4 Å². The van der Waals surface area contributed by atoms with Crippen LogP contribution in [0.25, 0.3) is 88.4 Å². The molecule has 0 unspecified atom stereocenters. The van der Waals surface area contributed by atoms with Gasteiger partial charge in [-0.25, -0.2) is 0 Å². The van der Waals surface area contributed by atoms with Crippen LogP contribution < -0.4 is 0 Å². The SMILES string of the molecule is Cc1ccc(-c2ccc3c(c2)c2ccccc2n3-c2cc(C(F)(F)F)c(-n3c4ccccc4c4cc(-c5ccc(C)cc5C)ccc43)cc2-c2cccc(C#N)c2)c(C)c1. The number of alkyl halides is 3. The lowest BCUT2D eigenvalue weighted by Gasteiger charge is -2.22. The Morgan fingerprint density at radius 2 is 0.933 bits per heavy atom. The fraction of sp³-hybridized carbons (Fsp3) is 0.0926. The summed E-state index contributed by atoms with van der Waals surface area (Å²) in [6, 6.07) is 52.8. The summed E-state index contributed by atoms with van der Waals surface area (Å²) in [5, 5.41) is 13.6. The summed E-state index contributed by atoms with van der Waals surface area (Å²) in [5.74, 6) is 0. The van der Waals surface area contributed by atoms with Gasteiger partial charge in [0.15, 0.2) is 0 Å². The van der Waals surface area contributed by atoms with Crippen molar-refractivity contribution >= 4 is 43.6 Å². The first-order valence-corrected chi connectivity index (χ1v) is 20.0. The molecule has 60 heavy (non-hydrogen) atoms. The van der Waals surface area contributed by atoms with Crippen molar-refractivity contribution in [3.05, 3.63) is 191 Å². The number of aromatic nitrogens is 2. The van der Waals surface area contributed by atoms with Crippen molar-refractivity contribution in [3.63, 3.8) is 0 Å². The summed E-state index contributed by atoms with van der Waals surface area (Å²) in [4.78, 5) is 0. The van der Waals surface area contributed by atoms with E-state index in [-0.39, 0.29) is 5.69 Å². The third-order valence-electron chi connectivity index (χ3n) is 11.9. The maximum absolute atomic E-state index is 15.9. The van der Waals surface area contributed by atoms with E-state index < -0.39 is 11.7 Å². The third kappa shape index (κ3) is 5.96. The lowest BCUT2D eigenvalue weighted by atomic mass is 9.96. The molecule has 0 fully saturated rings. The Hall–Kier alpha value is -7.36. The Morgan fingerprint density at radius 3 is 1.45 bits per heavy atom. The molecule has 0 aliphatic carbocycles. The molecule has 0 aliphatic rings. The average molecular weight is 786 g/mol.